The maximum Gasteiger partial charge on any atom is 0.0676 e. The fourth-order valence-electron chi connectivity index (χ4n) is 2.42. The quantitative estimate of drug-likeness (QED) is 0.866. The minimum atomic E-state index is 0.0383. The first kappa shape index (κ1) is 15.6. The Morgan fingerprint density at radius 2 is 1.76 bits per heavy atom. The van der Waals surface area contributed by atoms with Crippen molar-refractivity contribution >= 4 is 21.6 Å². The van der Waals surface area contributed by atoms with E-state index >= 15 is 0 Å². The summed E-state index contributed by atoms with van der Waals surface area (Å²) in [6.45, 7) is 1.15. The summed E-state index contributed by atoms with van der Waals surface area (Å²) >= 11 is 3.60. The fourth-order valence-corrected chi connectivity index (χ4v) is 2.97. The number of nitrogens with two attached hydrogens (primary N) is 1. The van der Waals surface area contributed by atoms with E-state index in [0.29, 0.717) is 19.5 Å². The molecule has 0 saturated carbocycles. The Balaban J connectivity index is 2.38. The fraction of sp³-hybridized carbons (Fsp3) is 0.235. The summed E-state index contributed by atoms with van der Waals surface area (Å²) in [7, 11) is 0. The van der Waals surface area contributed by atoms with E-state index in [1.807, 2.05) is 36.4 Å². The third kappa shape index (κ3) is 3.84. The van der Waals surface area contributed by atoms with Crippen molar-refractivity contribution in [2.24, 2.45) is 5.73 Å². The Bertz CT molecular complexity index is 607. The second-order valence-electron chi connectivity index (χ2n) is 4.71. The molecule has 0 bridgehead atoms. The molecule has 0 aliphatic rings. The number of anilines is 1. The minimum absolute atomic E-state index is 0.0383. The Labute approximate surface area is 134 Å². The number of nitriles is 1. The monoisotopic (exact) mass is 343 g/mol. The Kier molecular flexibility index (Phi) is 5.79. The molecule has 0 aromatic heterocycles. The van der Waals surface area contributed by atoms with E-state index in [4.69, 9.17) is 11.0 Å². The molecule has 2 aromatic rings. The largest absolute Gasteiger partial charge is 0.362 e. The van der Waals surface area contributed by atoms with Crippen LogP contribution in [0.25, 0.3) is 0 Å². The van der Waals surface area contributed by atoms with Crippen LogP contribution in [0.5, 0.6) is 0 Å². The van der Waals surface area contributed by atoms with E-state index in [0.717, 1.165) is 15.7 Å². The van der Waals surface area contributed by atoms with Gasteiger partial charge in [-0.2, -0.15) is 5.26 Å². The highest BCUT2D eigenvalue weighted by Gasteiger charge is 2.21. The van der Waals surface area contributed by atoms with Gasteiger partial charge in [0.15, 0.2) is 0 Å². The number of halogens is 1. The number of hydrogen-bond donors (Lipinski definition) is 1. The predicted octanol–water partition coefficient (Wildman–Crippen LogP) is 3.87. The average molecular weight is 344 g/mol. The van der Waals surface area contributed by atoms with E-state index in [-0.39, 0.29) is 6.04 Å². The highest BCUT2D eigenvalue weighted by atomic mass is 79.9. The van der Waals surface area contributed by atoms with Crippen molar-refractivity contribution in [2.45, 2.75) is 12.5 Å². The third-order valence-corrected chi connectivity index (χ3v) is 4.14. The minimum Gasteiger partial charge on any atom is -0.362 e. The van der Waals surface area contributed by atoms with E-state index in [9.17, 15) is 0 Å². The SMILES string of the molecule is N#CCCN(c1ccccc1)C(CN)c1ccccc1Br. The first-order chi connectivity index (χ1) is 10.3. The van der Waals surface area contributed by atoms with Crippen molar-refractivity contribution in [3.63, 3.8) is 0 Å². The van der Waals surface area contributed by atoms with Crippen LogP contribution in [0.15, 0.2) is 59.1 Å². The first-order valence-electron chi connectivity index (χ1n) is 6.91. The van der Waals surface area contributed by atoms with Crippen LogP contribution in [-0.2, 0) is 0 Å². The molecular formula is C17H18BrN3. The molecule has 4 heteroatoms. The topological polar surface area (TPSA) is 53.0 Å². The van der Waals surface area contributed by atoms with Crippen LogP contribution in [0.2, 0.25) is 0 Å². The van der Waals surface area contributed by atoms with Crippen molar-refractivity contribution < 1.29 is 0 Å². The van der Waals surface area contributed by atoms with Crippen molar-refractivity contribution in [3.8, 4) is 6.07 Å². The lowest BCUT2D eigenvalue weighted by atomic mass is 10.0. The van der Waals surface area contributed by atoms with Gasteiger partial charge in [-0.3, -0.25) is 0 Å². The van der Waals surface area contributed by atoms with Crippen molar-refractivity contribution in [1.82, 2.24) is 0 Å². The Hall–Kier alpha value is -1.83. The number of benzene rings is 2. The van der Waals surface area contributed by atoms with Gasteiger partial charge in [0.25, 0.3) is 0 Å². The molecule has 0 aliphatic carbocycles. The molecule has 2 N–H and O–H groups in total. The highest BCUT2D eigenvalue weighted by Crippen LogP contribution is 2.31. The molecule has 0 heterocycles. The lowest BCUT2D eigenvalue weighted by molar-refractivity contribution is 0.629. The second kappa shape index (κ2) is 7.82. The van der Waals surface area contributed by atoms with Gasteiger partial charge in [0.1, 0.15) is 0 Å². The molecule has 0 radical (unpaired) electrons. The molecule has 0 aliphatic heterocycles. The maximum absolute atomic E-state index is 8.92. The van der Waals surface area contributed by atoms with Crippen LogP contribution in [-0.4, -0.2) is 13.1 Å². The van der Waals surface area contributed by atoms with E-state index < -0.39 is 0 Å². The van der Waals surface area contributed by atoms with Crippen LogP contribution in [0.3, 0.4) is 0 Å². The maximum atomic E-state index is 8.92. The predicted molar refractivity (Wildman–Crippen MR) is 90.0 cm³/mol. The lowest BCUT2D eigenvalue weighted by Crippen LogP contribution is -2.34. The van der Waals surface area contributed by atoms with Gasteiger partial charge in [-0.15, -0.1) is 0 Å². The van der Waals surface area contributed by atoms with Gasteiger partial charge < -0.3 is 10.6 Å². The summed E-state index contributed by atoms with van der Waals surface area (Å²) in [4.78, 5) is 2.20. The molecular weight excluding hydrogens is 326 g/mol. The number of rotatable bonds is 6. The zero-order chi connectivity index (χ0) is 15.1. The molecule has 2 aromatic carbocycles. The summed E-state index contributed by atoms with van der Waals surface area (Å²) in [5.41, 5.74) is 8.26. The summed E-state index contributed by atoms with van der Waals surface area (Å²) < 4.78 is 1.04. The van der Waals surface area contributed by atoms with Crippen molar-refractivity contribution in [1.29, 1.82) is 5.26 Å². The van der Waals surface area contributed by atoms with E-state index in [1.165, 1.54) is 0 Å². The van der Waals surface area contributed by atoms with Gasteiger partial charge in [-0.05, 0) is 23.8 Å². The van der Waals surface area contributed by atoms with Gasteiger partial charge in [0.05, 0.1) is 18.5 Å². The van der Waals surface area contributed by atoms with Gasteiger partial charge >= 0.3 is 0 Å². The van der Waals surface area contributed by atoms with Gasteiger partial charge in [0, 0.05) is 23.2 Å². The molecule has 1 unspecified atom stereocenters. The first-order valence-corrected chi connectivity index (χ1v) is 7.70. The van der Waals surface area contributed by atoms with Gasteiger partial charge in [-0.1, -0.05) is 52.3 Å². The smallest absolute Gasteiger partial charge is 0.0676 e. The molecule has 108 valence electrons. The van der Waals surface area contributed by atoms with Crippen LogP contribution >= 0.6 is 15.9 Å². The molecule has 0 amide bonds. The number of hydrogen-bond acceptors (Lipinski definition) is 3. The number of nitrogens with zero attached hydrogens (tertiary/aromatic N) is 2. The zero-order valence-corrected chi connectivity index (χ0v) is 13.3. The average Bonchev–Trinajstić information content (AvgIpc) is 2.53. The van der Waals surface area contributed by atoms with Crippen LogP contribution in [0.4, 0.5) is 5.69 Å². The summed E-state index contributed by atoms with van der Waals surface area (Å²) in [5, 5.41) is 8.92. The van der Waals surface area contributed by atoms with Crippen molar-refractivity contribution in [2.75, 3.05) is 18.0 Å². The number of para-hydroxylation sites is 1. The Morgan fingerprint density at radius 1 is 1.10 bits per heavy atom. The standard InChI is InChI=1S/C17H18BrN3/c18-16-10-5-4-9-15(16)17(13-20)21(12-6-11-19)14-7-2-1-3-8-14/h1-5,7-10,17H,6,12-13,20H2. The third-order valence-electron chi connectivity index (χ3n) is 3.42. The molecule has 3 nitrogen and oxygen atoms in total. The molecule has 2 rings (SSSR count). The van der Waals surface area contributed by atoms with Crippen LogP contribution in [0.1, 0.15) is 18.0 Å². The lowest BCUT2D eigenvalue weighted by Gasteiger charge is -2.33. The zero-order valence-electron chi connectivity index (χ0n) is 11.7. The molecule has 21 heavy (non-hydrogen) atoms. The molecule has 0 spiro atoms. The summed E-state index contributed by atoms with van der Waals surface area (Å²) in [6.07, 6.45) is 0.468. The van der Waals surface area contributed by atoms with E-state index in [1.54, 1.807) is 0 Å². The molecule has 0 saturated heterocycles. The highest BCUT2D eigenvalue weighted by molar-refractivity contribution is 9.10. The van der Waals surface area contributed by atoms with Gasteiger partial charge in [0.2, 0.25) is 0 Å². The van der Waals surface area contributed by atoms with Crippen LogP contribution in [0, 0.1) is 11.3 Å². The normalized spacial score (nSPS) is 11.7. The second-order valence-corrected chi connectivity index (χ2v) is 5.56. The molecule has 1 atom stereocenters. The summed E-state index contributed by atoms with van der Waals surface area (Å²) in [6, 6.07) is 20.4. The molecule has 0 fully saturated rings. The van der Waals surface area contributed by atoms with E-state index in [2.05, 4.69) is 45.1 Å². The van der Waals surface area contributed by atoms with Crippen molar-refractivity contribution in [3.05, 3.63) is 64.6 Å². The van der Waals surface area contributed by atoms with Gasteiger partial charge in [-0.25, -0.2) is 0 Å². The van der Waals surface area contributed by atoms with Crippen LogP contribution < -0.4 is 10.6 Å². The summed E-state index contributed by atoms with van der Waals surface area (Å²) in [5.74, 6) is 0. The Morgan fingerprint density at radius 3 is 2.38 bits per heavy atom.